The molecule has 3 heterocycles. The molecule has 0 unspecified atom stereocenters. The van der Waals surface area contributed by atoms with Crippen molar-refractivity contribution in [3.05, 3.63) is 44.0 Å². The Kier molecular flexibility index (Phi) is 3.68. The van der Waals surface area contributed by atoms with Gasteiger partial charge in [-0.3, -0.25) is 9.78 Å². The van der Waals surface area contributed by atoms with Crippen LogP contribution in [0.1, 0.15) is 26.5 Å². The number of anilines is 1. The minimum atomic E-state index is -0.900. The second kappa shape index (κ2) is 5.64. The fourth-order valence-electron chi connectivity index (χ4n) is 2.40. The Bertz CT molecular complexity index is 893. The van der Waals surface area contributed by atoms with Gasteiger partial charge in [-0.25, -0.2) is 4.79 Å². The zero-order valence-electron chi connectivity index (χ0n) is 11.5. The highest BCUT2D eigenvalue weighted by molar-refractivity contribution is 7.13. The number of carbonyl (C=O) groups is 1. The molecule has 114 valence electrons. The van der Waals surface area contributed by atoms with Gasteiger partial charge in [0.2, 0.25) is 5.95 Å². The number of hydrogen-bond donors (Lipinski definition) is 4. The molecule has 0 aliphatic carbocycles. The molecule has 3 aromatic heterocycles. The van der Waals surface area contributed by atoms with Crippen molar-refractivity contribution in [3.63, 3.8) is 0 Å². The number of thiophene rings is 1. The fourth-order valence-corrected chi connectivity index (χ4v) is 3.29. The van der Waals surface area contributed by atoms with E-state index in [0.29, 0.717) is 22.3 Å². The molecule has 0 aliphatic heterocycles. The molecule has 0 aromatic carbocycles. The molecule has 5 N–H and O–H groups in total. The average molecular weight is 318 g/mol. The van der Waals surface area contributed by atoms with Gasteiger partial charge in [-0.05, 0) is 37.0 Å². The molecule has 0 saturated carbocycles. The van der Waals surface area contributed by atoms with Crippen molar-refractivity contribution in [1.82, 2.24) is 15.0 Å². The summed E-state index contributed by atoms with van der Waals surface area (Å²) in [5, 5.41) is 9.43. The number of carboxylic acids is 1. The molecule has 3 aromatic rings. The first-order valence-corrected chi connectivity index (χ1v) is 7.54. The van der Waals surface area contributed by atoms with Crippen LogP contribution in [0.25, 0.3) is 11.0 Å². The van der Waals surface area contributed by atoms with E-state index in [4.69, 9.17) is 10.8 Å². The Balaban J connectivity index is 1.71. The summed E-state index contributed by atoms with van der Waals surface area (Å²) in [6.07, 6.45) is 4.06. The molecule has 0 bridgehead atoms. The summed E-state index contributed by atoms with van der Waals surface area (Å²) in [6.45, 7) is 0. The Morgan fingerprint density at radius 1 is 1.36 bits per heavy atom. The van der Waals surface area contributed by atoms with Crippen molar-refractivity contribution in [1.29, 1.82) is 0 Å². The lowest BCUT2D eigenvalue weighted by Crippen LogP contribution is -2.11. The monoisotopic (exact) mass is 318 g/mol. The molecule has 8 heteroatoms. The predicted molar refractivity (Wildman–Crippen MR) is 84.4 cm³/mol. The maximum Gasteiger partial charge on any atom is 0.345 e. The van der Waals surface area contributed by atoms with Crippen molar-refractivity contribution >= 4 is 34.3 Å². The number of aryl methyl sites for hydroxylation is 2. The first-order valence-electron chi connectivity index (χ1n) is 6.72. The number of hydrogen-bond acceptors (Lipinski definition) is 5. The Morgan fingerprint density at radius 2 is 2.18 bits per heavy atom. The molecule has 22 heavy (non-hydrogen) atoms. The highest BCUT2D eigenvalue weighted by atomic mass is 32.1. The summed E-state index contributed by atoms with van der Waals surface area (Å²) >= 11 is 1.28. The second-order valence-electron chi connectivity index (χ2n) is 4.91. The second-order valence-corrected chi connectivity index (χ2v) is 6.08. The lowest BCUT2D eigenvalue weighted by atomic mass is 10.1. The fraction of sp³-hybridized carbons (Fsp3) is 0.214. The molecule has 0 aliphatic rings. The van der Waals surface area contributed by atoms with Crippen LogP contribution in [0.2, 0.25) is 0 Å². The lowest BCUT2D eigenvalue weighted by Gasteiger charge is -1.99. The molecule has 3 rings (SSSR count). The summed E-state index contributed by atoms with van der Waals surface area (Å²) in [4.78, 5) is 33.6. The van der Waals surface area contributed by atoms with Crippen LogP contribution in [0.15, 0.2) is 23.1 Å². The van der Waals surface area contributed by atoms with E-state index in [1.165, 1.54) is 11.3 Å². The van der Waals surface area contributed by atoms with Gasteiger partial charge in [0.05, 0.1) is 5.39 Å². The van der Waals surface area contributed by atoms with E-state index in [2.05, 4.69) is 15.0 Å². The highest BCUT2D eigenvalue weighted by Gasteiger charge is 2.11. The molecule has 0 amide bonds. The van der Waals surface area contributed by atoms with Gasteiger partial charge in [0.1, 0.15) is 10.5 Å². The number of carboxylic acid groups (broad SMARTS) is 1. The van der Waals surface area contributed by atoms with Crippen molar-refractivity contribution in [2.24, 2.45) is 0 Å². The molecule has 0 saturated heterocycles. The Hall–Kier alpha value is -2.61. The van der Waals surface area contributed by atoms with Crippen molar-refractivity contribution < 1.29 is 9.90 Å². The van der Waals surface area contributed by atoms with E-state index < -0.39 is 5.97 Å². The number of aromatic amines is 2. The minimum absolute atomic E-state index is 0.0886. The maximum atomic E-state index is 11.9. The number of nitrogens with one attached hydrogen (secondary N) is 2. The third-order valence-electron chi connectivity index (χ3n) is 3.38. The lowest BCUT2D eigenvalue weighted by molar-refractivity contribution is 0.0702. The summed E-state index contributed by atoms with van der Waals surface area (Å²) < 4.78 is 0. The van der Waals surface area contributed by atoms with Gasteiger partial charge in [0.25, 0.3) is 5.56 Å². The van der Waals surface area contributed by atoms with E-state index in [1.807, 2.05) is 6.07 Å². The molecule has 0 atom stereocenters. The summed E-state index contributed by atoms with van der Waals surface area (Å²) in [5.74, 6) is -0.811. The zero-order chi connectivity index (χ0) is 15.7. The quantitative estimate of drug-likeness (QED) is 0.570. The van der Waals surface area contributed by atoms with E-state index >= 15 is 0 Å². The standard InChI is InChI=1S/C14H14N4O3S/c15-14-17-11-10(12(19)18-14)7(6-16-11)2-1-3-8-4-5-9(22-8)13(20)21/h4-6H,1-3H2,(H,20,21)(H4,15,16,17,18,19). The Morgan fingerprint density at radius 3 is 2.91 bits per heavy atom. The molecular weight excluding hydrogens is 304 g/mol. The normalized spacial score (nSPS) is 11.1. The van der Waals surface area contributed by atoms with Crippen LogP contribution in [0.5, 0.6) is 0 Å². The summed E-state index contributed by atoms with van der Waals surface area (Å²) in [5.41, 5.74) is 6.63. The zero-order valence-corrected chi connectivity index (χ0v) is 12.4. The van der Waals surface area contributed by atoms with Crippen LogP contribution in [0, 0.1) is 0 Å². The van der Waals surface area contributed by atoms with Crippen LogP contribution in [0.4, 0.5) is 5.95 Å². The van der Waals surface area contributed by atoms with Gasteiger partial charge in [-0.1, -0.05) is 0 Å². The maximum absolute atomic E-state index is 11.9. The highest BCUT2D eigenvalue weighted by Crippen LogP contribution is 2.20. The third-order valence-corrected chi connectivity index (χ3v) is 4.52. The van der Waals surface area contributed by atoms with Crippen molar-refractivity contribution in [2.75, 3.05) is 5.73 Å². The largest absolute Gasteiger partial charge is 0.477 e. The number of rotatable bonds is 5. The number of fused-ring (bicyclic) bond motifs is 1. The van der Waals surface area contributed by atoms with Crippen LogP contribution in [-0.4, -0.2) is 26.0 Å². The van der Waals surface area contributed by atoms with E-state index in [9.17, 15) is 9.59 Å². The van der Waals surface area contributed by atoms with Crippen molar-refractivity contribution in [2.45, 2.75) is 19.3 Å². The number of nitrogen functional groups attached to an aromatic ring is 1. The third kappa shape index (κ3) is 2.73. The topological polar surface area (TPSA) is 125 Å². The number of nitrogens with two attached hydrogens (primary N) is 1. The minimum Gasteiger partial charge on any atom is -0.477 e. The van der Waals surface area contributed by atoms with Crippen LogP contribution < -0.4 is 11.3 Å². The molecule has 7 nitrogen and oxygen atoms in total. The SMILES string of the molecule is Nc1nc2[nH]cc(CCCc3ccc(C(=O)O)s3)c2c(=O)[nH]1. The number of nitrogens with zero attached hydrogens (tertiary/aromatic N) is 1. The molecular formula is C14H14N4O3S. The van der Waals surface area contributed by atoms with Crippen molar-refractivity contribution in [3.8, 4) is 0 Å². The first kappa shape index (κ1) is 14.3. The van der Waals surface area contributed by atoms with Gasteiger partial charge in [-0.15, -0.1) is 11.3 Å². The average Bonchev–Trinajstić information content (AvgIpc) is 3.06. The summed E-state index contributed by atoms with van der Waals surface area (Å²) in [7, 11) is 0. The molecule has 0 fully saturated rings. The smallest absolute Gasteiger partial charge is 0.345 e. The van der Waals surface area contributed by atoms with Gasteiger partial charge < -0.3 is 15.8 Å². The number of H-pyrrole nitrogens is 2. The number of aromatic nitrogens is 3. The van der Waals surface area contributed by atoms with Crippen LogP contribution in [0.3, 0.4) is 0 Å². The molecule has 0 radical (unpaired) electrons. The molecule has 0 spiro atoms. The number of aromatic carboxylic acids is 1. The van der Waals surface area contributed by atoms with E-state index in [1.54, 1.807) is 12.3 Å². The van der Waals surface area contributed by atoms with Gasteiger partial charge in [-0.2, -0.15) is 4.98 Å². The van der Waals surface area contributed by atoms with E-state index in [-0.39, 0.29) is 11.5 Å². The Labute approximate surface area is 128 Å². The predicted octanol–water partition coefficient (Wildman–Crippen LogP) is 1.77. The summed E-state index contributed by atoms with van der Waals surface area (Å²) in [6, 6.07) is 3.45. The van der Waals surface area contributed by atoms with Gasteiger partial charge >= 0.3 is 5.97 Å². The van der Waals surface area contributed by atoms with Crippen LogP contribution in [-0.2, 0) is 12.8 Å². The first-order chi connectivity index (χ1) is 10.5. The van der Waals surface area contributed by atoms with E-state index in [0.717, 1.165) is 23.3 Å². The van der Waals surface area contributed by atoms with Gasteiger partial charge in [0.15, 0.2) is 0 Å². The van der Waals surface area contributed by atoms with Crippen LogP contribution >= 0.6 is 11.3 Å². The van der Waals surface area contributed by atoms with Gasteiger partial charge in [0, 0.05) is 11.1 Å².